The van der Waals surface area contributed by atoms with E-state index in [4.69, 9.17) is 16.3 Å². The molecule has 1 unspecified atom stereocenters. The van der Waals surface area contributed by atoms with Crippen LogP contribution in [0.2, 0.25) is 5.02 Å². The first-order chi connectivity index (χ1) is 17.0. The van der Waals surface area contributed by atoms with E-state index in [2.05, 4.69) is 19.9 Å². The van der Waals surface area contributed by atoms with Gasteiger partial charge in [0.15, 0.2) is 5.82 Å². The summed E-state index contributed by atoms with van der Waals surface area (Å²) < 4.78 is 21.1. The topological polar surface area (TPSA) is 102 Å². The molecule has 0 fully saturated rings. The molecule has 0 amide bonds. The molecule has 8 nitrogen and oxygen atoms in total. The number of aliphatic hydroxyl groups is 1. The van der Waals surface area contributed by atoms with Crippen molar-refractivity contribution in [3.63, 3.8) is 0 Å². The number of aliphatic imine (C=N–C) groups is 1. The molecule has 0 saturated carbocycles. The van der Waals surface area contributed by atoms with Gasteiger partial charge in [0.2, 0.25) is 0 Å². The predicted molar refractivity (Wildman–Crippen MR) is 136 cm³/mol. The van der Waals surface area contributed by atoms with Crippen LogP contribution in [0.4, 0.5) is 4.39 Å². The molecule has 188 valence electrons. The lowest BCUT2D eigenvalue weighted by Gasteiger charge is -2.25. The summed E-state index contributed by atoms with van der Waals surface area (Å²) in [5.41, 5.74) is 1.86. The minimum atomic E-state index is -1.22. The number of hydrogen-bond acceptors (Lipinski definition) is 7. The predicted octanol–water partition coefficient (Wildman–Crippen LogP) is 4.23. The monoisotopic (exact) mass is 511 g/mol. The van der Waals surface area contributed by atoms with Gasteiger partial charge in [-0.1, -0.05) is 18.5 Å². The highest BCUT2D eigenvalue weighted by molar-refractivity contribution is 6.31. The van der Waals surface area contributed by atoms with Crippen molar-refractivity contribution in [3.05, 3.63) is 86.3 Å². The molecule has 3 aromatic rings. The number of dihydropyridines is 1. The lowest BCUT2D eigenvalue weighted by atomic mass is 9.99. The quantitative estimate of drug-likeness (QED) is 0.531. The SMILES string of the molecule is Cc1cnc(C(C)(C)O)nc1C1=NCC(C)C(n2c(C)cc(OCc3cnccc3F)c(Cl)c2=O)=C1. The van der Waals surface area contributed by atoms with E-state index in [9.17, 15) is 14.3 Å². The summed E-state index contributed by atoms with van der Waals surface area (Å²) in [6.07, 6.45) is 6.18. The number of pyridine rings is 2. The summed E-state index contributed by atoms with van der Waals surface area (Å²) in [7, 11) is 0. The first-order valence-electron chi connectivity index (χ1n) is 11.4. The molecule has 0 aromatic carbocycles. The van der Waals surface area contributed by atoms with Crippen molar-refractivity contribution in [1.29, 1.82) is 0 Å². The Bertz CT molecular complexity index is 1440. The zero-order valence-corrected chi connectivity index (χ0v) is 21.5. The summed E-state index contributed by atoms with van der Waals surface area (Å²) in [5.74, 6) is -0.0827. The Balaban J connectivity index is 1.72. The fourth-order valence-corrected chi connectivity index (χ4v) is 4.05. The highest BCUT2D eigenvalue weighted by atomic mass is 35.5. The number of aryl methyl sites for hydroxylation is 2. The van der Waals surface area contributed by atoms with Gasteiger partial charge in [-0.05, 0) is 45.4 Å². The average Bonchev–Trinajstić information content (AvgIpc) is 2.82. The number of rotatable bonds is 6. The molecule has 0 bridgehead atoms. The summed E-state index contributed by atoms with van der Waals surface area (Å²) in [6, 6.07) is 2.89. The van der Waals surface area contributed by atoms with Crippen LogP contribution in [-0.4, -0.2) is 36.9 Å². The van der Waals surface area contributed by atoms with Gasteiger partial charge in [-0.3, -0.25) is 19.3 Å². The average molecular weight is 512 g/mol. The molecule has 10 heteroatoms. The molecule has 0 spiro atoms. The number of ether oxygens (including phenoxy) is 1. The van der Waals surface area contributed by atoms with Crippen molar-refractivity contribution >= 4 is 23.0 Å². The van der Waals surface area contributed by atoms with Crippen LogP contribution in [0.5, 0.6) is 5.75 Å². The van der Waals surface area contributed by atoms with Crippen molar-refractivity contribution in [2.24, 2.45) is 10.9 Å². The maximum atomic E-state index is 13.9. The lowest BCUT2D eigenvalue weighted by molar-refractivity contribution is 0.0686. The molecular weight excluding hydrogens is 485 g/mol. The molecule has 1 atom stereocenters. The minimum absolute atomic E-state index is 0.0756. The molecule has 3 aromatic heterocycles. The molecule has 1 aliphatic heterocycles. The molecule has 4 heterocycles. The van der Waals surface area contributed by atoms with E-state index < -0.39 is 17.0 Å². The third-order valence-electron chi connectivity index (χ3n) is 5.87. The zero-order valence-electron chi connectivity index (χ0n) is 20.7. The molecule has 0 radical (unpaired) electrons. The third kappa shape index (κ3) is 5.08. The van der Waals surface area contributed by atoms with Crippen LogP contribution in [0.3, 0.4) is 0 Å². The second-order valence-corrected chi connectivity index (χ2v) is 9.72. The maximum Gasteiger partial charge on any atom is 0.277 e. The van der Waals surface area contributed by atoms with Crippen LogP contribution >= 0.6 is 11.6 Å². The van der Waals surface area contributed by atoms with Crippen LogP contribution < -0.4 is 10.3 Å². The van der Waals surface area contributed by atoms with E-state index in [0.29, 0.717) is 29.3 Å². The highest BCUT2D eigenvalue weighted by Crippen LogP contribution is 2.29. The van der Waals surface area contributed by atoms with Crippen LogP contribution in [-0.2, 0) is 12.2 Å². The summed E-state index contributed by atoms with van der Waals surface area (Å²) in [6.45, 7) is 9.16. The van der Waals surface area contributed by atoms with E-state index in [0.717, 1.165) is 5.56 Å². The van der Waals surface area contributed by atoms with E-state index in [1.165, 1.54) is 23.0 Å². The summed E-state index contributed by atoms with van der Waals surface area (Å²) in [5, 5.41) is 10.3. The van der Waals surface area contributed by atoms with Crippen LogP contribution in [0, 0.1) is 25.6 Å². The molecule has 36 heavy (non-hydrogen) atoms. The van der Waals surface area contributed by atoms with Crippen molar-refractivity contribution in [1.82, 2.24) is 19.5 Å². The van der Waals surface area contributed by atoms with Crippen molar-refractivity contribution in [2.75, 3.05) is 6.54 Å². The Hall–Kier alpha value is -3.43. The van der Waals surface area contributed by atoms with Gasteiger partial charge < -0.3 is 9.84 Å². The largest absolute Gasteiger partial charge is 0.487 e. The van der Waals surface area contributed by atoms with Crippen molar-refractivity contribution in [3.8, 4) is 5.75 Å². The van der Waals surface area contributed by atoms with Gasteiger partial charge in [0.25, 0.3) is 5.56 Å². The van der Waals surface area contributed by atoms with Crippen molar-refractivity contribution < 1.29 is 14.2 Å². The van der Waals surface area contributed by atoms with Gasteiger partial charge in [0.05, 0.1) is 11.4 Å². The van der Waals surface area contributed by atoms with Gasteiger partial charge in [0, 0.05) is 54.1 Å². The Morgan fingerprint density at radius 3 is 2.75 bits per heavy atom. The standard InChI is InChI=1S/C26H27ClFN5O3/c1-14-10-30-19(23-15(2)11-31-25(32-23)26(4,5)35)9-20(14)33-16(3)8-21(22(27)24(33)34)36-13-17-12-29-7-6-18(17)28/h6-9,11-12,14,35H,10,13H2,1-5H3. The Kier molecular flexibility index (Phi) is 7.06. The van der Waals surface area contributed by atoms with Crippen LogP contribution in [0.1, 0.15) is 49.1 Å². The maximum absolute atomic E-state index is 13.9. The highest BCUT2D eigenvalue weighted by Gasteiger charge is 2.26. The lowest BCUT2D eigenvalue weighted by Crippen LogP contribution is -2.29. The number of allylic oxidation sites excluding steroid dienone is 1. The normalized spacial score (nSPS) is 15.9. The van der Waals surface area contributed by atoms with E-state index in [-0.39, 0.29) is 34.7 Å². The van der Waals surface area contributed by atoms with E-state index in [1.54, 1.807) is 33.0 Å². The fourth-order valence-electron chi connectivity index (χ4n) is 3.86. The van der Waals surface area contributed by atoms with Gasteiger partial charge >= 0.3 is 0 Å². The van der Waals surface area contributed by atoms with E-state index in [1.807, 2.05) is 19.9 Å². The van der Waals surface area contributed by atoms with E-state index >= 15 is 0 Å². The molecule has 1 aliphatic rings. The molecule has 4 rings (SSSR count). The number of nitrogens with zero attached hydrogens (tertiary/aromatic N) is 5. The number of aromatic nitrogens is 4. The smallest absolute Gasteiger partial charge is 0.277 e. The summed E-state index contributed by atoms with van der Waals surface area (Å²) >= 11 is 6.42. The second-order valence-electron chi connectivity index (χ2n) is 9.34. The molecule has 0 aliphatic carbocycles. The Morgan fingerprint density at radius 1 is 1.31 bits per heavy atom. The first kappa shape index (κ1) is 25.7. The molecule has 0 saturated heterocycles. The summed E-state index contributed by atoms with van der Waals surface area (Å²) in [4.78, 5) is 30.7. The number of hydrogen-bond donors (Lipinski definition) is 1. The Morgan fingerprint density at radius 2 is 2.06 bits per heavy atom. The molecule has 1 N–H and O–H groups in total. The van der Waals surface area contributed by atoms with Gasteiger partial charge in [0.1, 0.15) is 28.8 Å². The third-order valence-corrected chi connectivity index (χ3v) is 6.22. The van der Waals surface area contributed by atoms with Gasteiger partial charge in [-0.2, -0.15) is 0 Å². The fraction of sp³-hybridized carbons (Fsp3) is 0.346. The first-order valence-corrected chi connectivity index (χ1v) is 11.8. The molecular formula is C26H27ClFN5O3. The number of halogens is 2. The second kappa shape index (κ2) is 9.91. The van der Waals surface area contributed by atoms with Gasteiger partial charge in [-0.15, -0.1) is 0 Å². The van der Waals surface area contributed by atoms with Crippen LogP contribution in [0.25, 0.3) is 5.70 Å². The zero-order chi connectivity index (χ0) is 26.2. The Labute approximate surface area is 213 Å². The van der Waals surface area contributed by atoms with Gasteiger partial charge in [-0.25, -0.2) is 14.4 Å². The van der Waals surface area contributed by atoms with Crippen LogP contribution in [0.15, 0.2) is 46.6 Å². The minimum Gasteiger partial charge on any atom is -0.487 e. The van der Waals surface area contributed by atoms with Crippen molar-refractivity contribution in [2.45, 2.75) is 46.8 Å².